The second kappa shape index (κ2) is 5.91. The van der Waals surface area contributed by atoms with E-state index in [2.05, 4.69) is 4.99 Å². The number of halogens is 3. The van der Waals surface area contributed by atoms with Crippen LogP contribution in [0.15, 0.2) is 53.2 Å². The first-order chi connectivity index (χ1) is 10.5. The molecule has 0 saturated carbocycles. The molecule has 0 amide bonds. The van der Waals surface area contributed by atoms with Gasteiger partial charge in [-0.3, -0.25) is 0 Å². The average molecular weight is 336 g/mol. The molecular formula is C16H8Cl2FNO2. The Morgan fingerprint density at radius 1 is 1.09 bits per heavy atom. The van der Waals surface area contributed by atoms with Gasteiger partial charge in [0, 0.05) is 5.02 Å². The summed E-state index contributed by atoms with van der Waals surface area (Å²) >= 11 is 11.9. The number of esters is 1. The number of hydrogen-bond donors (Lipinski definition) is 0. The van der Waals surface area contributed by atoms with E-state index < -0.39 is 5.97 Å². The Balaban J connectivity index is 1.96. The van der Waals surface area contributed by atoms with Crippen molar-refractivity contribution in [1.82, 2.24) is 0 Å². The highest BCUT2D eigenvalue weighted by atomic mass is 35.5. The van der Waals surface area contributed by atoms with E-state index >= 15 is 0 Å². The normalized spacial score (nSPS) is 15.9. The number of nitrogens with zero attached hydrogens (tertiary/aromatic N) is 1. The van der Waals surface area contributed by atoms with Crippen LogP contribution in [-0.4, -0.2) is 11.9 Å². The first-order valence-electron chi connectivity index (χ1n) is 6.26. The molecule has 1 heterocycles. The number of hydrogen-bond acceptors (Lipinski definition) is 3. The molecule has 3 rings (SSSR count). The van der Waals surface area contributed by atoms with E-state index in [-0.39, 0.29) is 17.4 Å². The third kappa shape index (κ3) is 3.03. The van der Waals surface area contributed by atoms with Crippen LogP contribution in [0.4, 0.5) is 4.39 Å². The zero-order valence-electron chi connectivity index (χ0n) is 11.0. The van der Waals surface area contributed by atoms with Crippen molar-refractivity contribution in [3.63, 3.8) is 0 Å². The number of ether oxygens (including phenoxy) is 1. The molecule has 0 saturated heterocycles. The minimum atomic E-state index is -0.592. The predicted molar refractivity (Wildman–Crippen MR) is 83.5 cm³/mol. The van der Waals surface area contributed by atoms with Gasteiger partial charge in [-0.05, 0) is 42.0 Å². The largest absolute Gasteiger partial charge is 0.402 e. The third-order valence-electron chi connectivity index (χ3n) is 2.96. The lowest BCUT2D eigenvalue weighted by molar-refractivity contribution is -0.129. The summed E-state index contributed by atoms with van der Waals surface area (Å²) in [6.45, 7) is 0. The van der Waals surface area contributed by atoms with Gasteiger partial charge in [0.05, 0.1) is 10.6 Å². The van der Waals surface area contributed by atoms with E-state index in [9.17, 15) is 9.18 Å². The van der Waals surface area contributed by atoms with Gasteiger partial charge in [0.15, 0.2) is 5.70 Å². The number of carbonyl (C=O) groups excluding carboxylic acids is 1. The summed E-state index contributed by atoms with van der Waals surface area (Å²) in [6.07, 6.45) is 1.51. The van der Waals surface area contributed by atoms with Gasteiger partial charge < -0.3 is 4.74 Å². The van der Waals surface area contributed by atoms with Crippen molar-refractivity contribution < 1.29 is 13.9 Å². The Morgan fingerprint density at radius 2 is 1.82 bits per heavy atom. The topological polar surface area (TPSA) is 38.7 Å². The summed E-state index contributed by atoms with van der Waals surface area (Å²) in [5.41, 5.74) is 1.23. The van der Waals surface area contributed by atoms with Crippen LogP contribution in [0.2, 0.25) is 10.0 Å². The molecular weight excluding hydrogens is 328 g/mol. The monoisotopic (exact) mass is 335 g/mol. The van der Waals surface area contributed by atoms with Crippen molar-refractivity contribution in [2.75, 3.05) is 0 Å². The summed E-state index contributed by atoms with van der Waals surface area (Å²) < 4.78 is 18.0. The second-order valence-electron chi connectivity index (χ2n) is 4.51. The lowest BCUT2D eigenvalue weighted by Gasteiger charge is -2.02. The van der Waals surface area contributed by atoms with Gasteiger partial charge in [0.1, 0.15) is 5.82 Å². The van der Waals surface area contributed by atoms with Crippen molar-refractivity contribution in [3.05, 3.63) is 75.2 Å². The fourth-order valence-electron chi connectivity index (χ4n) is 1.90. The number of rotatable bonds is 2. The maximum Gasteiger partial charge on any atom is 0.363 e. The van der Waals surface area contributed by atoms with Gasteiger partial charge >= 0.3 is 5.97 Å². The Labute approximate surface area is 135 Å². The fourth-order valence-corrected chi connectivity index (χ4v) is 2.39. The standard InChI is InChI=1S/C16H8Cl2FNO2/c17-10-3-6-12(13(18)8-10)15-20-14(16(21)22-15)7-9-1-4-11(19)5-2-9/h1-8H/b14-7+. The highest BCUT2D eigenvalue weighted by Crippen LogP contribution is 2.26. The van der Waals surface area contributed by atoms with Crippen molar-refractivity contribution in [2.45, 2.75) is 0 Å². The molecule has 1 aliphatic heterocycles. The predicted octanol–water partition coefficient (Wildman–Crippen LogP) is 4.48. The van der Waals surface area contributed by atoms with Crippen LogP contribution in [0.3, 0.4) is 0 Å². The Morgan fingerprint density at radius 3 is 2.50 bits per heavy atom. The van der Waals surface area contributed by atoms with Gasteiger partial charge in [-0.1, -0.05) is 35.3 Å². The summed E-state index contributed by atoms with van der Waals surface area (Å²) in [4.78, 5) is 16.0. The fraction of sp³-hybridized carbons (Fsp3) is 0. The second-order valence-corrected chi connectivity index (χ2v) is 5.36. The molecule has 0 fully saturated rings. The average Bonchev–Trinajstić information content (AvgIpc) is 2.82. The van der Waals surface area contributed by atoms with Gasteiger partial charge in [-0.2, -0.15) is 0 Å². The van der Waals surface area contributed by atoms with Crippen LogP contribution in [0.5, 0.6) is 0 Å². The maximum absolute atomic E-state index is 12.9. The van der Waals surface area contributed by atoms with Gasteiger partial charge in [-0.15, -0.1) is 0 Å². The molecule has 0 spiro atoms. The molecule has 3 nitrogen and oxygen atoms in total. The summed E-state index contributed by atoms with van der Waals surface area (Å²) in [6, 6.07) is 10.5. The van der Waals surface area contributed by atoms with E-state index in [4.69, 9.17) is 27.9 Å². The molecule has 2 aromatic rings. The number of benzene rings is 2. The molecule has 22 heavy (non-hydrogen) atoms. The number of carbonyl (C=O) groups is 1. The molecule has 110 valence electrons. The van der Waals surface area contributed by atoms with Crippen molar-refractivity contribution in [2.24, 2.45) is 4.99 Å². The van der Waals surface area contributed by atoms with E-state index in [1.54, 1.807) is 24.3 Å². The lowest BCUT2D eigenvalue weighted by Crippen LogP contribution is -2.05. The highest BCUT2D eigenvalue weighted by Gasteiger charge is 2.25. The van der Waals surface area contributed by atoms with Crippen LogP contribution < -0.4 is 0 Å². The van der Waals surface area contributed by atoms with Crippen LogP contribution in [0.1, 0.15) is 11.1 Å². The summed E-state index contributed by atoms with van der Waals surface area (Å²) in [5, 5.41) is 0.808. The minimum Gasteiger partial charge on any atom is -0.402 e. The van der Waals surface area contributed by atoms with E-state index in [1.165, 1.54) is 24.3 Å². The van der Waals surface area contributed by atoms with Crippen LogP contribution in [0.25, 0.3) is 6.08 Å². The van der Waals surface area contributed by atoms with Crippen molar-refractivity contribution >= 4 is 41.1 Å². The van der Waals surface area contributed by atoms with Crippen LogP contribution >= 0.6 is 23.2 Å². The van der Waals surface area contributed by atoms with E-state index in [1.807, 2.05) is 0 Å². The minimum absolute atomic E-state index is 0.111. The molecule has 2 aromatic carbocycles. The van der Waals surface area contributed by atoms with Crippen LogP contribution in [-0.2, 0) is 9.53 Å². The summed E-state index contributed by atoms with van der Waals surface area (Å²) in [7, 11) is 0. The first-order valence-corrected chi connectivity index (χ1v) is 7.02. The number of cyclic esters (lactones) is 1. The van der Waals surface area contributed by atoms with Crippen LogP contribution in [0, 0.1) is 5.82 Å². The molecule has 6 heteroatoms. The quantitative estimate of drug-likeness (QED) is 0.599. The summed E-state index contributed by atoms with van der Waals surface area (Å²) in [5.74, 6) is -0.835. The van der Waals surface area contributed by atoms with E-state index in [0.717, 1.165) is 0 Å². The highest BCUT2D eigenvalue weighted by molar-refractivity contribution is 6.37. The maximum atomic E-state index is 12.9. The molecule has 0 radical (unpaired) electrons. The molecule has 0 aliphatic carbocycles. The SMILES string of the molecule is O=C1OC(c2ccc(Cl)cc2Cl)=N/C1=C/c1ccc(F)cc1. The van der Waals surface area contributed by atoms with Gasteiger partial charge in [0.2, 0.25) is 5.90 Å². The van der Waals surface area contributed by atoms with Gasteiger partial charge in [-0.25, -0.2) is 14.2 Å². The van der Waals surface area contributed by atoms with Crippen molar-refractivity contribution in [1.29, 1.82) is 0 Å². The molecule has 0 N–H and O–H groups in total. The van der Waals surface area contributed by atoms with E-state index in [0.29, 0.717) is 21.2 Å². The smallest absolute Gasteiger partial charge is 0.363 e. The number of aliphatic imine (C=N–C) groups is 1. The zero-order valence-corrected chi connectivity index (χ0v) is 12.5. The Kier molecular flexibility index (Phi) is 3.96. The first kappa shape index (κ1) is 14.8. The molecule has 0 bridgehead atoms. The Hall–Kier alpha value is -2.17. The Bertz CT molecular complexity index is 813. The zero-order chi connectivity index (χ0) is 15.7. The third-order valence-corrected chi connectivity index (χ3v) is 3.50. The molecule has 1 aliphatic rings. The molecule has 0 atom stereocenters. The molecule has 0 aromatic heterocycles. The van der Waals surface area contributed by atoms with Crippen molar-refractivity contribution in [3.8, 4) is 0 Å². The van der Waals surface area contributed by atoms with Gasteiger partial charge in [0.25, 0.3) is 0 Å². The molecule has 0 unspecified atom stereocenters. The lowest BCUT2D eigenvalue weighted by atomic mass is 10.2.